The number of fused-ring (bicyclic) bond motifs is 1. The van der Waals surface area contributed by atoms with E-state index in [1.165, 1.54) is 0 Å². The molecule has 0 unspecified atom stereocenters. The Hall–Kier alpha value is -2.56. The fourth-order valence-corrected chi connectivity index (χ4v) is 2.03. The lowest BCUT2D eigenvalue weighted by molar-refractivity contribution is 0.564. The lowest BCUT2D eigenvalue weighted by Gasteiger charge is -2.10. The number of nitrogens with zero attached hydrogens (tertiary/aromatic N) is 2. The summed E-state index contributed by atoms with van der Waals surface area (Å²) in [4.78, 5) is 9.02. The first-order valence-corrected chi connectivity index (χ1v) is 6.62. The van der Waals surface area contributed by atoms with Crippen LogP contribution in [0.4, 0.5) is 11.8 Å². The Morgan fingerprint density at radius 3 is 2.80 bits per heavy atom. The van der Waals surface area contributed by atoms with Crippen LogP contribution in [0.15, 0.2) is 47.3 Å². The van der Waals surface area contributed by atoms with Gasteiger partial charge in [0, 0.05) is 24.0 Å². The summed E-state index contributed by atoms with van der Waals surface area (Å²) in [5, 5.41) is 7.50. The van der Waals surface area contributed by atoms with Crippen LogP contribution in [-0.4, -0.2) is 16.5 Å². The van der Waals surface area contributed by atoms with Crippen LogP contribution in [0.2, 0.25) is 0 Å². The van der Waals surface area contributed by atoms with Crippen LogP contribution >= 0.6 is 0 Å². The van der Waals surface area contributed by atoms with Crippen molar-refractivity contribution in [3.8, 4) is 0 Å². The van der Waals surface area contributed by atoms with Gasteiger partial charge in [0.2, 0.25) is 5.95 Å². The summed E-state index contributed by atoms with van der Waals surface area (Å²) < 4.78 is 5.07. The molecule has 0 aliphatic carbocycles. The zero-order valence-electron chi connectivity index (χ0n) is 11.3. The summed E-state index contributed by atoms with van der Waals surface area (Å²) in [6.45, 7) is 3.49. The van der Waals surface area contributed by atoms with Gasteiger partial charge in [-0.25, -0.2) is 4.98 Å². The number of anilines is 2. The monoisotopic (exact) mass is 268 g/mol. The Balaban J connectivity index is 1.94. The first kappa shape index (κ1) is 12.5. The van der Waals surface area contributed by atoms with Crippen molar-refractivity contribution in [2.45, 2.75) is 13.5 Å². The molecule has 2 aromatic heterocycles. The van der Waals surface area contributed by atoms with Gasteiger partial charge < -0.3 is 15.1 Å². The summed E-state index contributed by atoms with van der Waals surface area (Å²) in [6, 6.07) is 9.90. The summed E-state index contributed by atoms with van der Waals surface area (Å²) in [6.07, 6.45) is 3.39. The van der Waals surface area contributed by atoms with Gasteiger partial charge in [-0.15, -0.1) is 0 Å². The molecular weight excluding hydrogens is 252 g/mol. The molecule has 0 saturated heterocycles. The zero-order valence-corrected chi connectivity index (χ0v) is 11.3. The lowest BCUT2D eigenvalue weighted by Crippen LogP contribution is -2.07. The molecule has 5 heteroatoms. The first-order valence-electron chi connectivity index (χ1n) is 6.62. The average Bonchev–Trinajstić information content (AvgIpc) is 2.98. The second kappa shape index (κ2) is 5.61. The third kappa shape index (κ3) is 2.56. The minimum atomic E-state index is 0.640. The summed E-state index contributed by atoms with van der Waals surface area (Å²) in [5.74, 6) is 1.47. The highest BCUT2D eigenvalue weighted by atomic mass is 16.3. The van der Waals surface area contributed by atoms with Crippen LogP contribution in [0.5, 0.6) is 0 Å². The minimum Gasteiger partial charge on any atom is -0.472 e. The highest BCUT2D eigenvalue weighted by molar-refractivity contribution is 5.89. The fraction of sp³-hybridized carbons (Fsp3) is 0.200. The summed E-state index contributed by atoms with van der Waals surface area (Å²) >= 11 is 0. The molecule has 0 aliphatic rings. The molecule has 0 bridgehead atoms. The molecular formula is C15H16N4O. The highest BCUT2D eigenvalue weighted by Gasteiger charge is 2.07. The quantitative estimate of drug-likeness (QED) is 0.743. The molecule has 3 rings (SSSR count). The van der Waals surface area contributed by atoms with E-state index in [0.717, 1.165) is 28.8 Å². The lowest BCUT2D eigenvalue weighted by atomic mass is 10.2. The van der Waals surface area contributed by atoms with Crippen molar-refractivity contribution >= 4 is 22.7 Å². The van der Waals surface area contributed by atoms with E-state index in [1.54, 1.807) is 12.5 Å². The molecule has 0 spiro atoms. The molecule has 0 saturated carbocycles. The number of rotatable bonds is 5. The summed E-state index contributed by atoms with van der Waals surface area (Å²) in [7, 11) is 0. The molecule has 1 aromatic carbocycles. The smallest absolute Gasteiger partial charge is 0.225 e. The van der Waals surface area contributed by atoms with E-state index in [0.29, 0.717) is 12.5 Å². The molecule has 2 N–H and O–H groups in total. The third-order valence-electron chi connectivity index (χ3n) is 2.98. The number of aromatic nitrogens is 2. The number of nitrogens with one attached hydrogen (secondary N) is 2. The van der Waals surface area contributed by atoms with Gasteiger partial charge in [0.1, 0.15) is 5.82 Å². The molecule has 5 nitrogen and oxygen atoms in total. The van der Waals surface area contributed by atoms with Crippen molar-refractivity contribution in [1.29, 1.82) is 0 Å². The second-order valence-corrected chi connectivity index (χ2v) is 4.43. The minimum absolute atomic E-state index is 0.640. The Labute approximate surface area is 117 Å². The number of hydrogen-bond acceptors (Lipinski definition) is 5. The van der Waals surface area contributed by atoms with Crippen LogP contribution in [0, 0.1) is 0 Å². The van der Waals surface area contributed by atoms with E-state index >= 15 is 0 Å². The molecule has 20 heavy (non-hydrogen) atoms. The molecule has 3 aromatic rings. The Bertz CT molecular complexity index is 694. The van der Waals surface area contributed by atoms with Gasteiger partial charge in [-0.05, 0) is 25.1 Å². The van der Waals surface area contributed by atoms with Gasteiger partial charge in [0.15, 0.2) is 0 Å². The maximum absolute atomic E-state index is 5.07. The van der Waals surface area contributed by atoms with E-state index in [2.05, 4.69) is 20.6 Å². The number of para-hydroxylation sites is 1. The van der Waals surface area contributed by atoms with Gasteiger partial charge in [-0.3, -0.25) is 0 Å². The average molecular weight is 268 g/mol. The standard InChI is InChI=1S/C15H16N4O/c1-2-16-15-18-13-6-4-3-5-12(13)14(19-15)17-9-11-7-8-20-10-11/h3-8,10H,2,9H2,1H3,(H2,16,17,18,19). The maximum Gasteiger partial charge on any atom is 0.225 e. The van der Waals surface area contributed by atoms with Crippen LogP contribution in [0.3, 0.4) is 0 Å². The van der Waals surface area contributed by atoms with E-state index in [4.69, 9.17) is 4.42 Å². The van der Waals surface area contributed by atoms with E-state index in [9.17, 15) is 0 Å². The van der Waals surface area contributed by atoms with Crippen molar-refractivity contribution in [1.82, 2.24) is 9.97 Å². The molecule has 0 amide bonds. The zero-order chi connectivity index (χ0) is 13.8. The van der Waals surface area contributed by atoms with Crippen LogP contribution in [0.1, 0.15) is 12.5 Å². The van der Waals surface area contributed by atoms with Gasteiger partial charge in [-0.2, -0.15) is 4.98 Å². The molecule has 0 radical (unpaired) electrons. The molecule has 2 heterocycles. The topological polar surface area (TPSA) is 63.0 Å². The molecule has 0 aliphatic heterocycles. The first-order chi connectivity index (χ1) is 9.86. The SMILES string of the molecule is CCNc1nc(NCc2ccoc2)c2ccccc2n1. The largest absolute Gasteiger partial charge is 0.472 e. The van der Waals surface area contributed by atoms with Crippen LogP contribution < -0.4 is 10.6 Å². The van der Waals surface area contributed by atoms with Gasteiger partial charge in [-0.1, -0.05) is 12.1 Å². The fourth-order valence-electron chi connectivity index (χ4n) is 2.03. The predicted octanol–water partition coefficient (Wildman–Crippen LogP) is 3.27. The van der Waals surface area contributed by atoms with Gasteiger partial charge in [0.25, 0.3) is 0 Å². The molecule has 0 atom stereocenters. The van der Waals surface area contributed by atoms with Crippen molar-refractivity contribution in [3.05, 3.63) is 48.4 Å². The third-order valence-corrected chi connectivity index (χ3v) is 2.98. The maximum atomic E-state index is 5.07. The van der Waals surface area contributed by atoms with Crippen molar-refractivity contribution < 1.29 is 4.42 Å². The molecule has 0 fully saturated rings. The predicted molar refractivity (Wildman–Crippen MR) is 79.7 cm³/mol. The normalized spacial score (nSPS) is 10.7. The van der Waals surface area contributed by atoms with E-state index in [-0.39, 0.29) is 0 Å². The van der Waals surface area contributed by atoms with E-state index in [1.807, 2.05) is 37.3 Å². The Morgan fingerprint density at radius 2 is 2.00 bits per heavy atom. The molecule has 102 valence electrons. The van der Waals surface area contributed by atoms with Crippen molar-refractivity contribution in [3.63, 3.8) is 0 Å². The van der Waals surface area contributed by atoms with Crippen LogP contribution in [-0.2, 0) is 6.54 Å². The Kier molecular flexibility index (Phi) is 3.50. The number of benzene rings is 1. The number of hydrogen-bond donors (Lipinski definition) is 2. The van der Waals surface area contributed by atoms with Crippen LogP contribution in [0.25, 0.3) is 10.9 Å². The second-order valence-electron chi connectivity index (χ2n) is 4.43. The van der Waals surface area contributed by atoms with E-state index < -0.39 is 0 Å². The summed E-state index contributed by atoms with van der Waals surface area (Å²) in [5.41, 5.74) is 2.01. The van der Waals surface area contributed by atoms with Crippen molar-refractivity contribution in [2.75, 3.05) is 17.2 Å². The Morgan fingerprint density at radius 1 is 1.10 bits per heavy atom. The number of furan rings is 1. The highest BCUT2D eigenvalue weighted by Crippen LogP contribution is 2.22. The van der Waals surface area contributed by atoms with Gasteiger partial charge >= 0.3 is 0 Å². The van der Waals surface area contributed by atoms with Gasteiger partial charge in [0.05, 0.1) is 18.0 Å². The van der Waals surface area contributed by atoms with Crippen molar-refractivity contribution in [2.24, 2.45) is 0 Å².